The molecule has 1 unspecified atom stereocenters. The van der Waals surface area contributed by atoms with Crippen molar-refractivity contribution >= 4 is 5.78 Å². The second-order valence-corrected chi connectivity index (χ2v) is 5.44. The fourth-order valence-electron chi connectivity index (χ4n) is 2.91. The minimum atomic E-state index is 0.354. The quantitative estimate of drug-likeness (QED) is 0.725. The highest BCUT2D eigenvalue weighted by Crippen LogP contribution is 2.36. The summed E-state index contributed by atoms with van der Waals surface area (Å²) >= 11 is 0. The van der Waals surface area contributed by atoms with Gasteiger partial charge < -0.3 is 9.47 Å². The molecule has 1 aliphatic heterocycles. The van der Waals surface area contributed by atoms with Crippen molar-refractivity contribution in [2.45, 2.75) is 44.4 Å². The zero-order chi connectivity index (χ0) is 13.1. The lowest BCUT2D eigenvalue weighted by atomic mass is 9.91. The zero-order valence-electron chi connectivity index (χ0n) is 11.2. The molecule has 0 amide bonds. The Balaban J connectivity index is 1.84. The van der Waals surface area contributed by atoms with Crippen LogP contribution in [0.1, 0.15) is 50.0 Å². The first-order valence-corrected chi connectivity index (χ1v) is 7.24. The normalized spacial score (nSPS) is 23.6. The molecule has 1 atom stereocenters. The molecule has 0 radical (unpaired) electrons. The predicted molar refractivity (Wildman–Crippen MR) is 72.9 cm³/mol. The highest BCUT2D eigenvalue weighted by Gasteiger charge is 2.21. The van der Waals surface area contributed by atoms with Gasteiger partial charge in [0.1, 0.15) is 5.78 Å². The molecule has 102 valence electrons. The van der Waals surface area contributed by atoms with Gasteiger partial charge in [0.2, 0.25) is 0 Å². The van der Waals surface area contributed by atoms with Crippen molar-refractivity contribution in [3.8, 4) is 11.5 Å². The van der Waals surface area contributed by atoms with Crippen LogP contribution in [0.2, 0.25) is 0 Å². The summed E-state index contributed by atoms with van der Waals surface area (Å²) in [4.78, 5) is 11.8. The van der Waals surface area contributed by atoms with Crippen LogP contribution in [0.25, 0.3) is 0 Å². The van der Waals surface area contributed by atoms with Crippen LogP contribution in [0.3, 0.4) is 0 Å². The number of hydrogen-bond donors (Lipinski definition) is 0. The molecule has 2 aliphatic rings. The smallest absolute Gasteiger partial charge is 0.161 e. The number of Topliss-reactive ketones (excluding diaryl/α,β-unsaturated/α-hetero) is 1. The molecule has 1 aliphatic carbocycles. The van der Waals surface area contributed by atoms with Crippen LogP contribution < -0.4 is 9.47 Å². The van der Waals surface area contributed by atoms with Gasteiger partial charge in [0.25, 0.3) is 0 Å². The average molecular weight is 260 g/mol. The monoisotopic (exact) mass is 260 g/mol. The van der Waals surface area contributed by atoms with Gasteiger partial charge in [-0.2, -0.15) is 0 Å². The number of carbonyl (C=O) groups is 1. The second-order valence-electron chi connectivity index (χ2n) is 5.44. The molecule has 1 heterocycles. The molecule has 1 aromatic carbocycles. The minimum absolute atomic E-state index is 0.354. The molecule has 3 nitrogen and oxygen atoms in total. The number of hydrogen-bond acceptors (Lipinski definition) is 3. The topological polar surface area (TPSA) is 35.5 Å². The van der Waals surface area contributed by atoms with Crippen LogP contribution >= 0.6 is 0 Å². The summed E-state index contributed by atoms with van der Waals surface area (Å²) in [5.74, 6) is 2.43. The summed E-state index contributed by atoms with van der Waals surface area (Å²) in [6.45, 7) is 1.42. The minimum Gasteiger partial charge on any atom is -0.490 e. The van der Waals surface area contributed by atoms with E-state index < -0.39 is 0 Å². The lowest BCUT2D eigenvalue weighted by molar-refractivity contribution is -0.119. The summed E-state index contributed by atoms with van der Waals surface area (Å²) in [6, 6.07) is 6.16. The number of rotatable bonds is 1. The number of fused-ring (bicyclic) bond motifs is 1. The Labute approximate surface area is 113 Å². The second kappa shape index (κ2) is 5.64. The molecule has 1 fully saturated rings. The Morgan fingerprint density at radius 3 is 2.74 bits per heavy atom. The van der Waals surface area contributed by atoms with E-state index in [2.05, 4.69) is 12.1 Å². The SMILES string of the molecule is O=C1CCCCC(c2ccc3c(c2)OCCCO3)C1. The summed E-state index contributed by atoms with van der Waals surface area (Å²) < 4.78 is 11.4. The van der Waals surface area contributed by atoms with Crippen molar-refractivity contribution < 1.29 is 14.3 Å². The van der Waals surface area contributed by atoms with E-state index in [1.54, 1.807) is 0 Å². The third-order valence-electron chi connectivity index (χ3n) is 3.98. The van der Waals surface area contributed by atoms with Crippen molar-refractivity contribution in [1.82, 2.24) is 0 Å². The van der Waals surface area contributed by atoms with E-state index in [4.69, 9.17) is 9.47 Å². The summed E-state index contributed by atoms with van der Waals surface area (Å²) in [5, 5.41) is 0. The van der Waals surface area contributed by atoms with Gasteiger partial charge in [-0.25, -0.2) is 0 Å². The number of benzene rings is 1. The Morgan fingerprint density at radius 1 is 1.00 bits per heavy atom. The number of ketones is 1. The Bertz CT molecular complexity index is 467. The van der Waals surface area contributed by atoms with Gasteiger partial charge in [0, 0.05) is 19.3 Å². The Kier molecular flexibility index (Phi) is 3.72. The van der Waals surface area contributed by atoms with E-state index >= 15 is 0 Å². The van der Waals surface area contributed by atoms with Gasteiger partial charge >= 0.3 is 0 Å². The first-order valence-electron chi connectivity index (χ1n) is 7.24. The van der Waals surface area contributed by atoms with Crippen LogP contribution in [0.15, 0.2) is 18.2 Å². The fourth-order valence-corrected chi connectivity index (χ4v) is 2.91. The molecule has 0 saturated heterocycles. The molecule has 0 spiro atoms. The third kappa shape index (κ3) is 2.91. The van der Waals surface area contributed by atoms with Gasteiger partial charge in [-0.3, -0.25) is 4.79 Å². The first-order chi connectivity index (χ1) is 9.33. The van der Waals surface area contributed by atoms with E-state index in [-0.39, 0.29) is 0 Å². The maximum atomic E-state index is 11.8. The van der Waals surface area contributed by atoms with E-state index in [1.807, 2.05) is 6.07 Å². The highest BCUT2D eigenvalue weighted by atomic mass is 16.5. The van der Waals surface area contributed by atoms with E-state index in [1.165, 1.54) is 5.56 Å². The van der Waals surface area contributed by atoms with Crippen molar-refractivity contribution in [1.29, 1.82) is 0 Å². The lowest BCUT2D eigenvalue weighted by Gasteiger charge is -2.16. The molecule has 0 aromatic heterocycles. The van der Waals surface area contributed by atoms with Crippen LogP contribution in [0, 0.1) is 0 Å². The number of ether oxygens (including phenoxy) is 2. The summed E-state index contributed by atoms with van der Waals surface area (Å²) in [6.07, 6.45) is 5.64. The number of carbonyl (C=O) groups excluding carboxylic acids is 1. The molecule has 1 aromatic rings. The van der Waals surface area contributed by atoms with Gasteiger partial charge in [-0.1, -0.05) is 12.5 Å². The van der Waals surface area contributed by atoms with E-state index in [0.717, 1.165) is 43.6 Å². The Morgan fingerprint density at radius 2 is 1.84 bits per heavy atom. The molecule has 3 rings (SSSR count). The molecule has 19 heavy (non-hydrogen) atoms. The third-order valence-corrected chi connectivity index (χ3v) is 3.98. The summed E-state index contributed by atoms with van der Waals surface area (Å²) in [7, 11) is 0. The average Bonchev–Trinajstić information content (AvgIpc) is 2.77. The lowest BCUT2D eigenvalue weighted by Crippen LogP contribution is -2.04. The van der Waals surface area contributed by atoms with Gasteiger partial charge in [-0.15, -0.1) is 0 Å². The molecule has 1 saturated carbocycles. The largest absolute Gasteiger partial charge is 0.490 e. The zero-order valence-corrected chi connectivity index (χ0v) is 11.2. The standard InChI is InChI=1S/C16H20O3/c17-14-5-2-1-4-12(10-14)13-6-7-15-16(11-13)19-9-3-8-18-15/h6-7,11-12H,1-5,8-10H2. The highest BCUT2D eigenvalue weighted by molar-refractivity contribution is 5.79. The van der Waals surface area contributed by atoms with Crippen LogP contribution in [0.5, 0.6) is 11.5 Å². The van der Waals surface area contributed by atoms with Crippen LogP contribution in [-0.2, 0) is 4.79 Å². The first kappa shape index (κ1) is 12.5. The Hall–Kier alpha value is -1.51. The fraction of sp³-hybridized carbons (Fsp3) is 0.562. The van der Waals surface area contributed by atoms with Crippen LogP contribution in [0.4, 0.5) is 0 Å². The van der Waals surface area contributed by atoms with Crippen molar-refractivity contribution in [3.63, 3.8) is 0 Å². The maximum absolute atomic E-state index is 11.8. The molecular formula is C16H20O3. The van der Waals surface area contributed by atoms with E-state index in [9.17, 15) is 4.79 Å². The molecule has 3 heteroatoms. The van der Waals surface area contributed by atoms with E-state index in [0.29, 0.717) is 31.3 Å². The van der Waals surface area contributed by atoms with Gasteiger partial charge in [0.15, 0.2) is 11.5 Å². The molecule has 0 N–H and O–H groups in total. The molecule has 0 bridgehead atoms. The van der Waals surface area contributed by atoms with Crippen LogP contribution in [-0.4, -0.2) is 19.0 Å². The van der Waals surface area contributed by atoms with Crippen molar-refractivity contribution in [2.24, 2.45) is 0 Å². The van der Waals surface area contributed by atoms with Gasteiger partial charge in [-0.05, 0) is 36.5 Å². The van der Waals surface area contributed by atoms with Crippen molar-refractivity contribution in [3.05, 3.63) is 23.8 Å². The maximum Gasteiger partial charge on any atom is 0.161 e. The summed E-state index contributed by atoms with van der Waals surface area (Å²) in [5.41, 5.74) is 1.22. The predicted octanol–water partition coefficient (Wildman–Crippen LogP) is 3.46. The molecular weight excluding hydrogens is 240 g/mol. The van der Waals surface area contributed by atoms with Crippen molar-refractivity contribution in [2.75, 3.05) is 13.2 Å². The van der Waals surface area contributed by atoms with Gasteiger partial charge in [0.05, 0.1) is 13.2 Å².